The second kappa shape index (κ2) is 2.73. The number of hydrogen-bond donors (Lipinski definition) is 0. The number of fused-ring (bicyclic) bond motifs is 2. The highest BCUT2D eigenvalue weighted by atomic mass is 14.3. The molecule has 0 amide bonds. The zero-order valence-corrected chi connectivity index (χ0v) is 7.79. The zero-order chi connectivity index (χ0) is 8.67. The van der Waals surface area contributed by atoms with Crippen molar-refractivity contribution >= 4 is 0 Å². The third-order valence-electron chi connectivity index (χ3n) is 3.37. The third-order valence-corrected chi connectivity index (χ3v) is 3.37. The van der Waals surface area contributed by atoms with Crippen molar-refractivity contribution in [2.75, 3.05) is 0 Å². The molecule has 0 fully saturated rings. The van der Waals surface area contributed by atoms with Gasteiger partial charge in [0.05, 0.1) is 0 Å². The van der Waals surface area contributed by atoms with Crippen LogP contribution in [0.25, 0.3) is 0 Å². The summed E-state index contributed by atoms with van der Waals surface area (Å²) >= 11 is 0. The molecule has 0 aromatic heterocycles. The minimum absolute atomic E-state index is 0.674. The molecule has 0 saturated heterocycles. The molecule has 66 valence electrons. The molecule has 1 unspecified atom stereocenters. The SMILES string of the molecule is C1=CC2C(=CC1)CCC1=C2CC=C1. The van der Waals surface area contributed by atoms with E-state index in [1.54, 1.807) is 16.7 Å². The van der Waals surface area contributed by atoms with Crippen LogP contribution >= 0.6 is 0 Å². The molecular weight excluding hydrogens is 156 g/mol. The predicted molar refractivity (Wildman–Crippen MR) is 55.3 cm³/mol. The molecular formula is C13H14. The summed E-state index contributed by atoms with van der Waals surface area (Å²) in [5.41, 5.74) is 4.96. The minimum Gasteiger partial charge on any atom is -0.0838 e. The normalized spacial score (nSPS) is 30.2. The molecule has 0 aliphatic heterocycles. The molecule has 0 aromatic rings. The third kappa shape index (κ3) is 1.05. The molecule has 1 atom stereocenters. The average Bonchev–Trinajstić information content (AvgIpc) is 2.65. The van der Waals surface area contributed by atoms with Gasteiger partial charge in [-0.3, -0.25) is 0 Å². The summed E-state index contributed by atoms with van der Waals surface area (Å²) < 4.78 is 0. The predicted octanol–water partition coefficient (Wildman–Crippen LogP) is 3.54. The van der Waals surface area contributed by atoms with Crippen LogP contribution in [0.3, 0.4) is 0 Å². The Morgan fingerprint density at radius 2 is 2.15 bits per heavy atom. The molecule has 0 saturated carbocycles. The highest BCUT2D eigenvalue weighted by molar-refractivity contribution is 5.45. The van der Waals surface area contributed by atoms with Crippen LogP contribution < -0.4 is 0 Å². The van der Waals surface area contributed by atoms with Gasteiger partial charge in [-0.05, 0) is 31.3 Å². The zero-order valence-electron chi connectivity index (χ0n) is 7.79. The standard InChI is InChI=1S/C13H14/c1-2-6-12-10(4-1)8-9-11-5-3-7-13(11)12/h2-6,12H,1,7-9H2. The number of allylic oxidation sites excluding steroid dienone is 8. The van der Waals surface area contributed by atoms with E-state index in [1.165, 1.54) is 19.3 Å². The molecule has 0 heteroatoms. The molecule has 3 rings (SSSR count). The van der Waals surface area contributed by atoms with Gasteiger partial charge in [-0.15, -0.1) is 0 Å². The van der Waals surface area contributed by atoms with E-state index >= 15 is 0 Å². The number of hydrogen-bond acceptors (Lipinski definition) is 0. The van der Waals surface area contributed by atoms with E-state index in [4.69, 9.17) is 0 Å². The van der Waals surface area contributed by atoms with Crippen LogP contribution in [0.5, 0.6) is 0 Å². The van der Waals surface area contributed by atoms with Crippen LogP contribution in [0.2, 0.25) is 0 Å². The van der Waals surface area contributed by atoms with E-state index in [9.17, 15) is 0 Å². The topological polar surface area (TPSA) is 0 Å². The van der Waals surface area contributed by atoms with Crippen molar-refractivity contribution in [3.63, 3.8) is 0 Å². The van der Waals surface area contributed by atoms with Crippen molar-refractivity contribution in [1.82, 2.24) is 0 Å². The fourth-order valence-electron chi connectivity index (χ4n) is 2.70. The summed E-state index contributed by atoms with van der Waals surface area (Å²) in [6.07, 6.45) is 16.7. The van der Waals surface area contributed by atoms with Crippen LogP contribution in [-0.4, -0.2) is 0 Å². The summed E-state index contributed by atoms with van der Waals surface area (Å²) in [6, 6.07) is 0. The van der Waals surface area contributed by atoms with Crippen molar-refractivity contribution < 1.29 is 0 Å². The van der Waals surface area contributed by atoms with Gasteiger partial charge in [0.1, 0.15) is 0 Å². The summed E-state index contributed by atoms with van der Waals surface area (Å²) in [4.78, 5) is 0. The molecule has 0 N–H and O–H groups in total. The van der Waals surface area contributed by atoms with Crippen LogP contribution in [0, 0.1) is 5.92 Å². The summed E-state index contributed by atoms with van der Waals surface area (Å²) in [7, 11) is 0. The Morgan fingerprint density at radius 1 is 1.15 bits per heavy atom. The van der Waals surface area contributed by atoms with Gasteiger partial charge in [-0.1, -0.05) is 41.5 Å². The van der Waals surface area contributed by atoms with Crippen molar-refractivity contribution in [2.45, 2.75) is 25.7 Å². The lowest BCUT2D eigenvalue weighted by Crippen LogP contribution is -2.12. The first-order chi connectivity index (χ1) is 6.45. The minimum atomic E-state index is 0.674. The van der Waals surface area contributed by atoms with E-state index in [-0.39, 0.29) is 0 Å². The van der Waals surface area contributed by atoms with Crippen molar-refractivity contribution in [1.29, 1.82) is 0 Å². The van der Waals surface area contributed by atoms with Crippen LogP contribution in [-0.2, 0) is 0 Å². The Hall–Kier alpha value is -1.04. The molecule has 0 spiro atoms. The molecule has 3 aliphatic carbocycles. The van der Waals surface area contributed by atoms with E-state index in [1.807, 2.05) is 0 Å². The second-order valence-electron chi connectivity index (χ2n) is 4.08. The Bertz CT molecular complexity index is 350. The number of rotatable bonds is 0. The molecule has 0 radical (unpaired) electrons. The Balaban J connectivity index is 2.03. The Kier molecular flexibility index (Phi) is 1.55. The van der Waals surface area contributed by atoms with Gasteiger partial charge in [-0.2, -0.15) is 0 Å². The summed E-state index contributed by atoms with van der Waals surface area (Å²) in [6.45, 7) is 0. The van der Waals surface area contributed by atoms with Crippen LogP contribution in [0.1, 0.15) is 25.7 Å². The summed E-state index contributed by atoms with van der Waals surface area (Å²) in [5, 5.41) is 0. The lowest BCUT2D eigenvalue weighted by Gasteiger charge is -2.27. The summed E-state index contributed by atoms with van der Waals surface area (Å²) in [5.74, 6) is 0.674. The van der Waals surface area contributed by atoms with Gasteiger partial charge in [-0.25, -0.2) is 0 Å². The van der Waals surface area contributed by atoms with Crippen molar-refractivity contribution in [2.24, 2.45) is 5.92 Å². The first-order valence-electron chi connectivity index (χ1n) is 5.19. The highest BCUT2D eigenvalue weighted by Crippen LogP contribution is 2.42. The van der Waals surface area contributed by atoms with Crippen molar-refractivity contribution in [3.05, 3.63) is 47.1 Å². The maximum atomic E-state index is 2.42. The van der Waals surface area contributed by atoms with Crippen LogP contribution in [0.15, 0.2) is 47.1 Å². The van der Waals surface area contributed by atoms with E-state index in [0.717, 1.165) is 6.42 Å². The largest absolute Gasteiger partial charge is 0.0838 e. The Morgan fingerprint density at radius 3 is 3.15 bits per heavy atom. The quantitative estimate of drug-likeness (QED) is 0.488. The first kappa shape index (κ1) is 7.37. The van der Waals surface area contributed by atoms with Gasteiger partial charge in [0, 0.05) is 5.92 Å². The molecule has 0 nitrogen and oxygen atoms in total. The smallest absolute Gasteiger partial charge is 0.0196 e. The van der Waals surface area contributed by atoms with Crippen LogP contribution in [0.4, 0.5) is 0 Å². The molecule has 3 aliphatic rings. The maximum absolute atomic E-state index is 2.42. The fourth-order valence-corrected chi connectivity index (χ4v) is 2.70. The lowest BCUT2D eigenvalue weighted by molar-refractivity contribution is 0.714. The van der Waals surface area contributed by atoms with E-state index < -0.39 is 0 Å². The van der Waals surface area contributed by atoms with E-state index in [0.29, 0.717) is 5.92 Å². The lowest BCUT2D eigenvalue weighted by atomic mass is 9.77. The second-order valence-corrected chi connectivity index (χ2v) is 4.08. The van der Waals surface area contributed by atoms with E-state index in [2.05, 4.69) is 30.4 Å². The first-order valence-corrected chi connectivity index (χ1v) is 5.19. The van der Waals surface area contributed by atoms with Gasteiger partial charge in [0.25, 0.3) is 0 Å². The van der Waals surface area contributed by atoms with Gasteiger partial charge in [0.15, 0.2) is 0 Å². The average molecular weight is 170 g/mol. The van der Waals surface area contributed by atoms with Gasteiger partial charge >= 0.3 is 0 Å². The maximum Gasteiger partial charge on any atom is 0.0196 e. The van der Waals surface area contributed by atoms with Gasteiger partial charge in [0.2, 0.25) is 0 Å². The molecule has 13 heavy (non-hydrogen) atoms. The highest BCUT2D eigenvalue weighted by Gasteiger charge is 2.26. The molecule has 0 aromatic carbocycles. The monoisotopic (exact) mass is 170 g/mol. The Labute approximate surface area is 79.3 Å². The van der Waals surface area contributed by atoms with Gasteiger partial charge < -0.3 is 0 Å². The molecule has 0 bridgehead atoms. The molecule has 0 heterocycles. The van der Waals surface area contributed by atoms with Crippen molar-refractivity contribution in [3.8, 4) is 0 Å². The fraction of sp³-hybridized carbons (Fsp3) is 0.385.